The van der Waals surface area contributed by atoms with Crippen molar-refractivity contribution < 1.29 is 22.4 Å². The maximum Gasteiger partial charge on any atom is 0.264 e. The molecule has 1 N–H and O–H groups in total. The summed E-state index contributed by atoms with van der Waals surface area (Å²) in [6.45, 7) is -1.01. The second-order valence-corrected chi connectivity index (χ2v) is 12.0. The molecule has 0 heterocycles. The molecule has 1 unspecified atom stereocenters. The van der Waals surface area contributed by atoms with E-state index in [1.807, 2.05) is 18.2 Å². The second kappa shape index (κ2) is 13.8. The van der Waals surface area contributed by atoms with Crippen molar-refractivity contribution in [3.8, 4) is 0 Å². The summed E-state index contributed by atoms with van der Waals surface area (Å²) in [4.78, 5) is 28.6. The van der Waals surface area contributed by atoms with Gasteiger partial charge in [-0.2, -0.15) is 0 Å². The number of hydrogen-bond donors (Lipinski definition) is 1. The topological polar surface area (TPSA) is 86.8 Å². The van der Waals surface area contributed by atoms with Crippen molar-refractivity contribution in [2.24, 2.45) is 0 Å². The molecule has 0 aliphatic rings. The van der Waals surface area contributed by atoms with Crippen LogP contribution >= 0.6 is 23.2 Å². The molecule has 0 saturated carbocycles. The van der Waals surface area contributed by atoms with Gasteiger partial charge in [0.15, 0.2) is 0 Å². The van der Waals surface area contributed by atoms with Gasteiger partial charge in [-0.05, 0) is 42.0 Å². The van der Waals surface area contributed by atoms with Crippen LogP contribution in [0.25, 0.3) is 0 Å². The van der Waals surface area contributed by atoms with Gasteiger partial charge >= 0.3 is 0 Å². The minimum absolute atomic E-state index is 0.111. The summed E-state index contributed by atoms with van der Waals surface area (Å²) < 4.78 is 43.5. The van der Waals surface area contributed by atoms with Crippen molar-refractivity contribution in [2.75, 3.05) is 17.9 Å². The molecule has 218 valence electrons. The highest BCUT2D eigenvalue weighted by Crippen LogP contribution is 2.29. The third-order valence-electron chi connectivity index (χ3n) is 6.64. The lowest BCUT2D eigenvalue weighted by Crippen LogP contribution is -2.53. The first-order valence-corrected chi connectivity index (χ1v) is 15.1. The zero-order valence-corrected chi connectivity index (χ0v) is 24.9. The van der Waals surface area contributed by atoms with Gasteiger partial charge in [0.05, 0.1) is 10.6 Å². The van der Waals surface area contributed by atoms with E-state index in [1.54, 1.807) is 36.4 Å². The van der Waals surface area contributed by atoms with E-state index in [1.165, 1.54) is 54.4 Å². The number of para-hydroxylation sites is 1. The molecule has 1 atom stereocenters. The number of nitrogens with one attached hydrogen (secondary N) is 1. The van der Waals surface area contributed by atoms with Crippen molar-refractivity contribution in [3.63, 3.8) is 0 Å². The van der Waals surface area contributed by atoms with Crippen molar-refractivity contribution >= 4 is 50.7 Å². The number of likely N-dealkylation sites (N-methyl/N-ethyl adjacent to an activating group) is 1. The molecule has 0 aliphatic heterocycles. The van der Waals surface area contributed by atoms with E-state index in [0.29, 0.717) is 9.87 Å². The zero-order valence-electron chi connectivity index (χ0n) is 22.6. The average molecular weight is 629 g/mol. The Balaban J connectivity index is 1.82. The minimum atomic E-state index is -4.41. The SMILES string of the molecule is CNC(=O)C(Cc1ccccc1)N(Cc1c(Cl)cccc1Cl)C(=O)CN(c1ccccc1F)S(=O)(=O)c1ccccc1. The van der Waals surface area contributed by atoms with Gasteiger partial charge in [0.1, 0.15) is 18.4 Å². The van der Waals surface area contributed by atoms with Crippen LogP contribution in [0.5, 0.6) is 0 Å². The highest BCUT2D eigenvalue weighted by Gasteiger charge is 2.35. The maximum atomic E-state index is 15.1. The highest BCUT2D eigenvalue weighted by molar-refractivity contribution is 7.92. The van der Waals surface area contributed by atoms with Crippen molar-refractivity contribution in [1.82, 2.24) is 10.2 Å². The Kier molecular flexibility index (Phi) is 10.2. The lowest BCUT2D eigenvalue weighted by Gasteiger charge is -2.34. The van der Waals surface area contributed by atoms with E-state index in [-0.39, 0.29) is 33.6 Å². The highest BCUT2D eigenvalue weighted by atomic mass is 35.5. The molecule has 0 spiro atoms. The molecular formula is C31H28Cl2FN3O4S. The van der Waals surface area contributed by atoms with Crippen LogP contribution in [-0.2, 0) is 32.6 Å². The molecule has 0 fully saturated rings. The molecule has 4 aromatic rings. The zero-order chi connectivity index (χ0) is 30.3. The number of rotatable bonds is 11. The van der Waals surface area contributed by atoms with E-state index >= 15 is 4.39 Å². The number of sulfonamides is 1. The Morgan fingerprint density at radius 1 is 0.833 bits per heavy atom. The fourth-order valence-electron chi connectivity index (χ4n) is 4.46. The molecule has 7 nitrogen and oxygen atoms in total. The average Bonchev–Trinajstić information content (AvgIpc) is 2.99. The number of nitrogens with zero attached hydrogens (tertiary/aromatic N) is 2. The van der Waals surface area contributed by atoms with Crippen LogP contribution in [0.1, 0.15) is 11.1 Å². The minimum Gasteiger partial charge on any atom is -0.357 e. The van der Waals surface area contributed by atoms with Crippen molar-refractivity contribution in [1.29, 1.82) is 0 Å². The molecule has 0 radical (unpaired) electrons. The lowest BCUT2D eigenvalue weighted by molar-refractivity contribution is -0.139. The summed E-state index contributed by atoms with van der Waals surface area (Å²) in [5, 5.41) is 3.12. The molecule has 4 aromatic carbocycles. The van der Waals surface area contributed by atoms with Crippen molar-refractivity contribution in [2.45, 2.75) is 23.9 Å². The van der Waals surface area contributed by atoms with E-state index < -0.39 is 40.2 Å². The van der Waals surface area contributed by atoms with Crippen LogP contribution in [0.2, 0.25) is 10.0 Å². The Hall–Kier alpha value is -3.92. The van der Waals surface area contributed by atoms with Gasteiger partial charge in [-0.15, -0.1) is 0 Å². The first-order valence-electron chi connectivity index (χ1n) is 12.9. The van der Waals surface area contributed by atoms with Crippen molar-refractivity contribution in [3.05, 3.63) is 130 Å². The summed E-state index contributed by atoms with van der Waals surface area (Å²) >= 11 is 12.9. The van der Waals surface area contributed by atoms with Crippen LogP contribution in [-0.4, -0.2) is 44.8 Å². The Morgan fingerprint density at radius 3 is 2.00 bits per heavy atom. The third-order valence-corrected chi connectivity index (χ3v) is 9.12. The first-order chi connectivity index (χ1) is 20.1. The molecule has 0 aliphatic carbocycles. The number of carbonyl (C=O) groups excluding carboxylic acids is 2. The standard InChI is InChI=1S/C31H28Cl2FN3O4S/c1-35-31(39)29(19-22-11-4-2-5-12-22)36(20-24-25(32)15-10-16-26(24)33)30(38)21-37(28-18-9-8-17-27(28)34)42(40,41)23-13-6-3-7-14-23/h2-18,29H,19-21H2,1H3,(H,35,39). The van der Waals surface area contributed by atoms with E-state index in [2.05, 4.69) is 5.32 Å². The van der Waals surface area contributed by atoms with Gasteiger partial charge in [0.2, 0.25) is 11.8 Å². The summed E-state index contributed by atoms with van der Waals surface area (Å²) in [7, 11) is -2.97. The van der Waals surface area contributed by atoms with Gasteiger partial charge in [0, 0.05) is 35.6 Å². The van der Waals surface area contributed by atoms with Crippen LogP contribution in [0.15, 0.2) is 108 Å². The number of benzene rings is 4. The smallest absolute Gasteiger partial charge is 0.264 e. The molecule has 42 heavy (non-hydrogen) atoms. The quantitative estimate of drug-likeness (QED) is 0.231. The van der Waals surface area contributed by atoms with E-state index in [0.717, 1.165) is 11.6 Å². The van der Waals surface area contributed by atoms with Crippen LogP contribution in [0.3, 0.4) is 0 Å². The van der Waals surface area contributed by atoms with Crippen LogP contribution < -0.4 is 9.62 Å². The van der Waals surface area contributed by atoms with E-state index in [4.69, 9.17) is 23.2 Å². The predicted octanol–water partition coefficient (Wildman–Crippen LogP) is 5.71. The maximum absolute atomic E-state index is 15.1. The number of hydrogen-bond acceptors (Lipinski definition) is 4. The summed E-state index contributed by atoms with van der Waals surface area (Å²) in [6.07, 6.45) is 0.111. The van der Waals surface area contributed by atoms with Gasteiger partial charge in [-0.1, -0.05) is 89.9 Å². The Morgan fingerprint density at radius 2 is 1.40 bits per heavy atom. The third kappa shape index (κ3) is 7.10. The fraction of sp³-hybridized carbons (Fsp3) is 0.161. The molecule has 4 rings (SSSR count). The molecule has 0 aromatic heterocycles. The second-order valence-electron chi connectivity index (χ2n) is 9.32. The number of anilines is 1. The molecule has 0 bridgehead atoms. The largest absolute Gasteiger partial charge is 0.357 e. The monoisotopic (exact) mass is 627 g/mol. The first kappa shape index (κ1) is 31.0. The number of carbonyl (C=O) groups is 2. The molecule has 11 heteroatoms. The number of amides is 2. The van der Waals surface area contributed by atoms with Gasteiger partial charge in [-0.3, -0.25) is 13.9 Å². The Labute approximate surface area is 254 Å². The molecule has 0 saturated heterocycles. The van der Waals surface area contributed by atoms with Gasteiger partial charge in [0.25, 0.3) is 10.0 Å². The summed E-state index contributed by atoms with van der Waals surface area (Å²) in [5.41, 5.74) is 0.821. The summed E-state index contributed by atoms with van der Waals surface area (Å²) in [6, 6.07) is 25.5. The normalized spacial score (nSPS) is 11.9. The van der Waals surface area contributed by atoms with E-state index in [9.17, 15) is 18.0 Å². The van der Waals surface area contributed by atoms with Gasteiger partial charge < -0.3 is 10.2 Å². The number of halogens is 3. The van der Waals surface area contributed by atoms with Crippen LogP contribution in [0.4, 0.5) is 10.1 Å². The van der Waals surface area contributed by atoms with Gasteiger partial charge in [-0.25, -0.2) is 12.8 Å². The predicted molar refractivity (Wildman–Crippen MR) is 162 cm³/mol. The molecule has 2 amide bonds. The Bertz CT molecular complexity index is 1640. The molecular weight excluding hydrogens is 600 g/mol. The lowest BCUT2D eigenvalue weighted by atomic mass is 10.0. The summed E-state index contributed by atoms with van der Waals surface area (Å²) in [5.74, 6) is -2.09. The van der Waals surface area contributed by atoms with Crippen LogP contribution in [0, 0.1) is 5.82 Å². The fourth-order valence-corrected chi connectivity index (χ4v) is 6.42.